The van der Waals surface area contributed by atoms with Crippen molar-refractivity contribution in [2.75, 3.05) is 11.9 Å². The number of nitrogens with zero attached hydrogens (tertiary/aromatic N) is 4. The number of hydrogen-bond donors (Lipinski definition) is 1. The van der Waals surface area contributed by atoms with Crippen molar-refractivity contribution in [3.05, 3.63) is 48.8 Å². The molecule has 7 heteroatoms. The van der Waals surface area contributed by atoms with E-state index in [0.29, 0.717) is 13.4 Å². The topological polar surface area (TPSA) is 55.9 Å². The van der Waals surface area contributed by atoms with Crippen LogP contribution in [-0.2, 0) is 18.1 Å². The molecule has 0 bridgehead atoms. The molecule has 0 atom stereocenters. The normalized spacial score (nSPS) is 10.5. The highest BCUT2D eigenvalue weighted by Gasteiger charge is 2.05. The van der Waals surface area contributed by atoms with Gasteiger partial charge in [0.15, 0.2) is 12.4 Å². The fraction of sp³-hybridized carbons (Fsp3) is 0.353. The summed E-state index contributed by atoms with van der Waals surface area (Å²) in [7, 11) is 0. The number of hydrogen-bond acceptors (Lipinski definition) is 4. The third kappa shape index (κ3) is 4.66. The van der Waals surface area contributed by atoms with Gasteiger partial charge in [0.2, 0.25) is 0 Å². The zero-order valence-electron chi connectivity index (χ0n) is 13.7. The second-order valence-corrected chi connectivity index (χ2v) is 5.41. The van der Waals surface area contributed by atoms with Crippen LogP contribution in [-0.4, -0.2) is 21.6 Å². The Morgan fingerprint density at radius 3 is 2.96 bits per heavy atom. The largest absolute Gasteiger partial charge is 1.00 e. The number of pyridine rings is 1. The smallest absolute Gasteiger partial charge is 0.252 e. The molecular formula is C17H22ClN5O. The predicted octanol–water partition coefficient (Wildman–Crippen LogP) is -0.433. The maximum atomic E-state index is 5.63. The summed E-state index contributed by atoms with van der Waals surface area (Å²) in [6.07, 6.45) is 6.28. The molecule has 2 heterocycles. The molecule has 0 aliphatic carbocycles. The molecule has 0 unspecified atom stereocenters. The van der Waals surface area contributed by atoms with Gasteiger partial charge in [-0.2, -0.15) is 4.57 Å². The molecule has 0 aliphatic rings. The molecule has 1 aromatic carbocycles. The predicted molar refractivity (Wildman–Crippen MR) is 88.6 cm³/mol. The van der Waals surface area contributed by atoms with Gasteiger partial charge in [0.25, 0.3) is 6.73 Å². The van der Waals surface area contributed by atoms with Crippen molar-refractivity contribution in [3.63, 3.8) is 0 Å². The minimum absolute atomic E-state index is 0. The molecule has 6 nitrogen and oxygen atoms in total. The van der Waals surface area contributed by atoms with Crippen molar-refractivity contribution in [2.45, 2.75) is 33.2 Å². The molecule has 0 saturated carbocycles. The number of unbranched alkanes of at least 4 members (excludes halogenated alkanes) is 1. The third-order valence-corrected chi connectivity index (χ3v) is 3.59. The summed E-state index contributed by atoms with van der Waals surface area (Å²) in [5, 5.41) is 11.7. The van der Waals surface area contributed by atoms with Gasteiger partial charge in [-0.3, -0.25) is 0 Å². The molecule has 1 N–H and O–H groups in total. The number of halogens is 1. The van der Waals surface area contributed by atoms with Crippen molar-refractivity contribution in [2.24, 2.45) is 0 Å². The third-order valence-electron chi connectivity index (χ3n) is 3.59. The first-order valence-electron chi connectivity index (χ1n) is 7.96. The summed E-state index contributed by atoms with van der Waals surface area (Å²) in [5.41, 5.74) is 2.94. The van der Waals surface area contributed by atoms with Gasteiger partial charge in [0.1, 0.15) is 17.9 Å². The zero-order chi connectivity index (χ0) is 15.9. The van der Waals surface area contributed by atoms with Gasteiger partial charge < -0.3 is 22.5 Å². The molecule has 0 spiro atoms. The quantitative estimate of drug-likeness (QED) is 0.444. The summed E-state index contributed by atoms with van der Waals surface area (Å²) >= 11 is 0. The number of nitrogens with one attached hydrogen (secondary N) is 1. The van der Waals surface area contributed by atoms with Crippen molar-refractivity contribution in [3.8, 4) is 0 Å². The average molecular weight is 348 g/mol. The highest BCUT2D eigenvalue weighted by Crippen LogP contribution is 2.10. The number of rotatable bonds is 8. The van der Waals surface area contributed by atoms with E-state index >= 15 is 0 Å². The molecule has 24 heavy (non-hydrogen) atoms. The standard InChI is InChI=1S/C17H22N5O.ClH/c1-2-3-11-23-14-21-10-6-7-15(12-21)18-13-22-17-9-5-4-8-16(17)19-20-22;/h4-10,12,18H,2-3,11,13-14H2,1H3;1H/q+1;/p-1. The van der Waals surface area contributed by atoms with Crippen molar-refractivity contribution >= 4 is 16.7 Å². The summed E-state index contributed by atoms with van der Waals surface area (Å²) < 4.78 is 9.51. The zero-order valence-corrected chi connectivity index (χ0v) is 14.5. The lowest BCUT2D eigenvalue weighted by Crippen LogP contribution is -3.00. The van der Waals surface area contributed by atoms with Gasteiger partial charge in [0.05, 0.1) is 12.1 Å². The van der Waals surface area contributed by atoms with Crippen molar-refractivity contribution < 1.29 is 21.7 Å². The van der Waals surface area contributed by atoms with Crippen LogP contribution in [0, 0.1) is 0 Å². The molecule has 2 aromatic heterocycles. The van der Waals surface area contributed by atoms with Crippen LogP contribution < -0.4 is 22.3 Å². The van der Waals surface area contributed by atoms with Gasteiger partial charge in [0, 0.05) is 6.07 Å². The first kappa shape index (κ1) is 18.2. The van der Waals surface area contributed by atoms with Crippen molar-refractivity contribution in [1.82, 2.24) is 15.0 Å². The summed E-state index contributed by atoms with van der Waals surface area (Å²) in [5.74, 6) is 0. The van der Waals surface area contributed by atoms with Crippen LogP contribution in [0.25, 0.3) is 11.0 Å². The number of para-hydroxylation sites is 1. The Morgan fingerprint density at radius 1 is 1.21 bits per heavy atom. The Morgan fingerprint density at radius 2 is 2.08 bits per heavy atom. The number of benzene rings is 1. The van der Waals surface area contributed by atoms with E-state index in [4.69, 9.17) is 4.74 Å². The van der Waals surface area contributed by atoms with Crippen LogP contribution in [0.2, 0.25) is 0 Å². The van der Waals surface area contributed by atoms with E-state index in [1.165, 1.54) is 0 Å². The summed E-state index contributed by atoms with van der Waals surface area (Å²) in [6.45, 7) is 4.10. The molecule has 3 rings (SSSR count). The minimum atomic E-state index is 0. The Kier molecular flexibility index (Phi) is 6.96. The van der Waals surface area contributed by atoms with Crippen LogP contribution in [0.3, 0.4) is 0 Å². The SMILES string of the molecule is CCCCOC[n+]1cccc(NCn2nnc3ccccc32)c1.[Cl-]. The lowest BCUT2D eigenvalue weighted by molar-refractivity contribution is -0.732. The highest BCUT2D eigenvalue weighted by molar-refractivity contribution is 5.73. The monoisotopic (exact) mass is 347 g/mol. The van der Waals surface area contributed by atoms with E-state index in [2.05, 4.69) is 22.6 Å². The maximum absolute atomic E-state index is 5.63. The Hall–Kier alpha value is -2.18. The van der Waals surface area contributed by atoms with Gasteiger partial charge >= 0.3 is 0 Å². The van der Waals surface area contributed by atoms with Crippen LogP contribution in [0.5, 0.6) is 0 Å². The molecular weight excluding hydrogens is 326 g/mol. The lowest BCUT2D eigenvalue weighted by atomic mass is 10.3. The highest BCUT2D eigenvalue weighted by atomic mass is 35.5. The Bertz CT molecular complexity index is 761. The van der Waals surface area contributed by atoms with Gasteiger partial charge in [-0.15, -0.1) is 5.10 Å². The maximum Gasteiger partial charge on any atom is 0.252 e. The fourth-order valence-electron chi connectivity index (χ4n) is 2.32. The summed E-state index contributed by atoms with van der Waals surface area (Å²) in [6, 6.07) is 12.0. The van der Waals surface area contributed by atoms with Gasteiger partial charge in [-0.05, 0) is 24.6 Å². The van der Waals surface area contributed by atoms with Crippen LogP contribution in [0.15, 0.2) is 48.8 Å². The summed E-state index contributed by atoms with van der Waals surface area (Å²) in [4.78, 5) is 0. The van der Waals surface area contributed by atoms with E-state index in [-0.39, 0.29) is 12.4 Å². The molecule has 128 valence electrons. The number of anilines is 1. The minimum Gasteiger partial charge on any atom is -1.00 e. The Labute approximate surface area is 147 Å². The Balaban J connectivity index is 0.00000208. The van der Waals surface area contributed by atoms with E-state index in [1.54, 1.807) is 0 Å². The second-order valence-electron chi connectivity index (χ2n) is 5.41. The van der Waals surface area contributed by atoms with E-state index in [9.17, 15) is 0 Å². The lowest BCUT2D eigenvalue weighted by Gasteiger charge is -2.06. The van der Waals surface area contributed by atoms with Crippen LogP contribution in [0.1, 0.15) is 19.8 Å². The first-order valence-corrected chi connectivity index (χ1v) is 7.96. The number of ether oxygens (including phenoxy) is 1. The molecule has 0 fully saturated rings. The van der Waals surface area contributed by atoms with Gasteiger partial charge in [-0.1, -0.05) is 30.7 Å². The molecule has 0 saturated heterocycles. The van der Waals surface area contributed by atoms with Crippen LogP contribution >= 0.6 is 0 Å². The number of fused-ring (bicyclic) bond motifs is 1. The van der Waals surface area contributed by atoms with E-state index in [1.807, 2.05) is 58.0 Å². The molecule has 0 amide bonds. The molecule has 0 radical (unpaired) electrons. The van der Waals surface area contributed by atoms with Crippen molar-refractivity contribution in [1.29, 1.82) is 0 Å². The molecule has 3 aromatic rings. The second kappa shape index (κ2) is 9.20. The van der Waals surface area contributed by atoms with Crippen LogP contribution in [0.4, 0.5) is 5.69 Å². The average Bonchev–Trinajstić information content (AvgIpc) is 3.01. The molecule has 0 aliphatic heterocycles. The number of aromatic nitrogens is 4. The fourth-order valence-corrected chi connectivity index (χ4v) is 2.32. The van der Waals surface area contributed by atoms with Gasteiger partial charge in [-0.25, -0.2) is 4.68 Å². The van der Waals surface area contributed by atoms with E-state index in [0.717, 1.165) is 36.2 Å². The van der Waals surface area contributed by atoms with E-state index < -0.39 is 0 Å². The first-order chi connectivity index (χ1) is 11.4.